The van der Waals surface area contributed by atoms with Gasteiger partial charge in [0.05, 0.1) is 30.0 Å². The van der Waals surface area contributed by atoms with Gasteiger partial charge in [-0.05, 0) is 139 Å². The minimum atomic E-state index is -1.73. The minimum absolute atomic E-state index is 0.0246. The van der Waals surface area contributed by atoms with Gasteiger partial charge in [0.1, 0.15) is 67.6 Å². The molecule has 25 unspecified atom stereocenters. The number of ketones is 1. The molecule has 25 atom stereocenters. The molecule has 4 saturated carbocycles. The van der Waals surface area contributed by atoms with Crippen LogP contribution < -0.4 is 0 Å². The first-order valence-corrected chi connectivity index (χ1v) is 24.3. The van der Waals surface area contributed by atoms with E-state index in [0.717, 1.165) is 69.8 Å². The van der Waals surface area contributed by atoms with E-state index in [-0.39, 0.29) is 34.6 Å². The molecule has 9 aliphatic rings. The summed E-state index contributed by atoms with van der Waals surface area (Å²) < 4.78 is 53.3. The monoisotopic (exact) mass is 936 g/mol. The third-order valence-electron chi connectivity index (χ3n) is 17.9. The van der Waals surface area contributed by atoms with Crippen LogP contribution in [-0.2, 0) is 52.2 Å². The van der Waals surface area contributed by atoms with Crippen LogP contribution in [0.1, 0.15) is 106 Å². The number of aliphatic hydroxyl groups excluding tert-OH is 6. The largest absolute Gasteiger partial charge is 0.458 e. The van der Waals surface area contributed by atoms with Crippen molar-refractivity contribution in [1.29, 1.82) is 0 Å². The SMILES string of the molecule is CC1OC(OC2C(O)C(C)OC(OC3C(O)C(C)OC(OC4C(O)C(C)OC(OC5CCC6(C)C(CCC7CC8(O)CCC(C9=CC(=O)OC9)C8(C)CCC76)C5)C4O)C3O)C2O)C=CC1=O. The van der Waals surface area contributed by atoms with Crippen molar-refractivity contribution >= 4 is 11.8 Å². The zero-order valence-electron chi connectivity index (χ0n) is 38.8. The normalized spacial score (nSPS) is 54.2. The van der Waals surface area contributed by atoms with Crippen molar-refractivity contribution in [1.82, 2.24) is 0 Å². The van der Waals surface area contributed by atoms with Gasteiger partial charge in [-0.15, -0.1) is 0 Å². The average molecular weight is 937 g/mol. The first-order chi connectivity index (χ1) is 31.2. The second-order valence-electron chi connectivity index (χ2n) is 21.6. The lowest BCUT2D eigenvalue weighted by molar-refractivity contribution is -0.380. The zero-order valence-corrected chi connectivity index (χ0v) is 38.8. The van der Waals surface area contributed by atoms with E-state index in [0.29, 0.717) is 24.4 Å². The molecular weight excluding hydrogens is 865 g/mol. The Kier molecular flexibility index (Phi) is 13.8. The molecule has 0 spiro atoms. The molecule has 18 nitrogen and oxygen atoms in total. The fourth-order valence-corrected chi connectivity index (χ4v) is 13.7. The highest BCUT2D eigenvalue weighted by Gasteiger charge is 2.63. The summed E-state index contributed by atoms with van der Waals surface area (Å²) in [5.74, 6) is 0.713. The summed E-state index contributed by atoms with van der Waals surface area (Å²) in [6.45, 7) is 11.2. The summed E-state index contributed by atoms with van der Waals surface area (Å²) in [5.41, 5.74) is -0.0940. The lowest BCUT2D eigenvalue weighted by atomic mass is 9.51. The maximum absolute atomic E-state index is 12.4. The van der Waals surface area contributed by atoms with E-state index in [1.165, 1.54) is 26.0 Å². The highest BCUT2D eigenvalue weighted by atomic mass is 16.8. The number of esters is 1. The molecule has 18 heteroatoms. The van der Waals surface area contributed by atoms with Crippen molar-refractivity contribution in [2.24, 2.45) is 34.5 Å². The van der Waals surface area contributed by atoms with Crippen molar-refractivity contribution in [3.8, 4) is 0 Å². The van der Waals surface area contributed by atoms with Crippen molar-refractivity contribution in [2.75, 3.05) is 6.61 Å². The number of rotatable bonds is 9. The van der Waals surface area contributed by atoms with E-state index in [1.807, 2.05) is 0 Å². The molecule has 0 bridgehead atoms. The molecule has 0 radical (unpaired) electrons. The lowest BCUT2D eigenvalue weighted by Gasteiger charge is -2.56. The van der Waals surface area contributed by atoms with Crippen LogP contribution >= 0.6 is 0 Å². The number of hydrogen-bond acceptors (Lipinski definition) is 18. The first-order valence-electron chi connectivity index (χ1n) is 24.3. The van der Waals surface area contributed by atoms with Crippen LogP contribution in [0.15, 0.2) is 23.8 Å². The number of hydrogen-bond donors (Lipinski definition) is 7. The van der Waals surface area contributed by atoms with Crippen LogP contribution in [0.3, 0.4) is 0 Å². The molecule has 9 rings (SSSR count). The van der Waals surface area contributed by atoms with Crippen LogP contribution in [0, 0.1) is 34.5 Å². The Balaban J connectivity index is 0.832. The maximum Gasteiger partial charge on any atom is 0.331 e. The highest BCUT2D eigenvalue weighted by molar-refractivity contribution is 5.93. The van der Waals surface area contributed by atoms with Crippen molar-refractivity contribution in [2.45, 2.75) is 222 Å². The van der Waals surface area contributed by atoms with E-state index < -0.39 is 110 Å². The van der Waals surface area contributed by atoms with E-state index in [1.54, 1.807) is 19.9 Å². The third kappa shape index (κ3) is 8.69. The standard InChI is InChI=1S/C48H72O18/c1-21-31(49)9-10-33(59-21)64-40-34(51)22(2)61-44(37(40)54)66-42-36(53)24(4)62-45(39(42)56)65-41-35(52)23(3)60-43(38(41)55)63-28-11-14-46(5)27(18-28)8-7-25-19-48(57)16-13-30(26-17-32(50)58-20-26)47(48,6)15-12-29(25)46/h9-10,17,21-25,27-30,33-45,51-57H,7-8,11-16,18-20H2,1-6H3. The minimum Gasteiger partial charge on any atom is -0.458 e. The molecule has 7 fully saturated rings. The van der Waals surface area contributed by atoms with Crippen LogP contribution in [0.2, 0.25) is 0 Å². The second-order valence-corrected chi connectivity index (χ2v) is 21.6. The van der Waals surface area contributed by atoms with Gasteiger partial charge in [-0.1, -0.05) is 13.8 Å². The molecule has 0 aromatic heterocycles. The van der Waals surface area contributed by atoms with Crippen LogP contribution in [0.5, 0.6) is 0 Å². The predicted octanol–water partition coefficient (Wildman–Crippen LogP) is 1.44. The fourth-order valence-electron chi connectivity index (χ4n) is 13.7. The average Bonchev–Trinajstić information content (AvgIpc) is 3.78. The van der Waals surface area contributed by atoms with Gasteiger partial charge < -0.3 is 78.4 Å². The number of ether oxygens (including phenoxy) is 9. The summed E-state index contributed by atoms with van der Waals surface area (Å²) in [7, 11) is 0. The smallest absolute Gasteiger partial charge is 0.331 e. The molecule has 5 heterocycles. The molecular formula is C48H72O18. The van der Waals surface area contributed by atoms with Gasteiger partial charge >= 0.3 is 5.97 Å². The topological polar surface area (TPSA) is 259 Å². The van der Waals surface area contributed by atoms with Crippen LogP contribution in [0.25, 0.3) is 0 Å². The summed E-state index contributed by atoms with van der Waals surface area (Å²) in [5, 5.41) is 80.6. The molecule has 0 aromatic rings. The van der Waals surface area contributed by atoms with Crippen LogP contribution in [0.4, 0.5) is 0 Å². The van der Waals surface area contributed by atoms with Gasteiger partial charge in [0.25, 0.3) is 0 Å². The van der Waals surface area contributed by atoms with Gasteiger partial charge in [-0.25, -0.2) is 4.79 Å². The molecule has 4 aliphatic carbocycles. The summed E-state index contributed by atoms with van der Waals surface area (Å²) in [6.07, 6.45) is -9.53. The Labute approximate surface area is 385 Å². The molecule has 3 saturated heterocycles. The summed E-state index contributed by atoms with van der Waals surface area (Å²) in [6, 6.07) is 0. The van der Waals surface area contributed by atoms with Gasteiger partial charge in [-0.2, -0.15) is 0 Å². The van der Waals surface area contributed by atoms with Crippen molar-refractivity contribution in [3.05, 3.63) is 23.8 Å². The quantitative estimate of drug-likeness (QED) is 0.128. The first kappa shape index (κ1) is 49.0. The second kappa shape index (κ2) is 18.6. The number of carbonyl (C=O) groups is 2. The van der Waals surface area contributed by atoms with Gasteiger partial charge in [0, 0.05) is 11.5 Å². The van der Waals surface area contributed by atoms with E-state index in [9.17, 15) is 45.3 Å². The third-order valence-corrected chi connectivity index (χ3v) is 17.9. The Bertz CT molecular complexity index is 1850. The number of cyclic esters (lactones) is 1. The molecule has 0 aromatic carbocycles. The van der Waals surface area contributed by atoms with Gasteiger partial charge in [0.2, 0.25) is 0 Å². The maximum atomic E-state index is 12.4. The van der Waals surface area contributed by atoms with Gasteiger partial charge in [-0.3, -0.25) is 4.79 Å². The predicted molar refractivity (Wildman–Crippen MR) is 227 cm³/mol. The lowest BCUT2D eigenvalue weighted by Crippen LogP contribution is -2.66. The van der Waals surface area contributed by atoms with E-state index in [4.69, 9.17) is 42.6 Å². The van der Waals surface area contributed by atoms with Gasteiger partial charge in [0.15, 0.2) is 30.9 Å². The number of carbonyl (C=O) groups excluding carboxylic acids is 2. The van der Waals surface area contributed by atoms with Crippen LogP contribution in [-0.4, -0.2) is 170 Å². The molecule has 0 amide bonds. The number of aliphatic hydroxyl groups is 7. The molecule has 372 valence electrons. The fraction of sp³-hybridized carbons (Fsp3) is 0.875. The Morgan fingerprint density at radius 2 is 1.23 bits per heavy atom. The van der Waals surface area contributed by atoms with E-state index >= 15 is 0 Å². The zero-order chi connectivity index (χ0) is 47.2. The van der Waals surface area contributed by atoms with Crippen molar-refractivity contribution < 1.29 is 88.0 Å². The molecule has 5 aliphatic heterocycles. The summed E-state index contributed by atoms with van der Waals surface area (Å²) in [4.78, 5) is 24.0. The molecule has 66 heavy (non-hydrogen) atoms. The number of fused-ring (bicyclic) bond motifs is 4. The highest BCUT2D eigenvalue weighted by Crippen LogP contribution is 2.66. The summed E-state index contributed by atoms with van der Waals surface area (Å²) >= 11 is 0. The van der Waals surface area contributed by atoms with E-state index in [2.05, 4.69) is 13.8 Å². The Morgan fingerprint density at radius 1 is 0.652 bits per heavy atom. The molecule has 7 N–H and O–H groups in total. The van der Waals surface area contributed by atoms with Crippen molar-refractivity contribution in [3.63, 3.8) is 0 Å². The Hall–Kier alpha value is -1.98. The Morgan fingerprint density at radius 3 is 1.79 bits per heavy atom.